The molecule has 1 heterocycles. The molecule has 14 heavy (non-hydrogen) atoms. The maximum absolute atomic E-state index is 11.8. The van der Waals surface area contributed by atoms with E-state index in [9.17, 15) is 4.57 Å². The molecule has 0 fully saturated rings. The molecule has 1 rings (SSSR count). The molecule has 1 aromatic heterocycles. The number of aromatic nitrogens is 2. The van der Waals surface area contributed by atoms with Crippen molar-refractivity contribution in [1.82, 2.24) is 9.97 Å². The van der Waals surface area contributed by atoms with Gasteiger partial charge in [-0.25, -0.2) is 4.98 Å². The molecule has 0 spiro atoms. The molecular weight excluding hydrogens is 195 g/mol. The van der Waals surface area contributed by atoms with E-state index < -0.39 is 7.14 Å². The van der Waals surface area contributed by atoms with Crippen LogP contribution >= 0.6 is 7.14 Å². The second-order valence-electron chi connectivity index (χ2n) is 4.86. The van der Waals surface area contributed by atoms with Gasteiger partial charge < -0.3 is 4.57 Å². The molecular formula is C10H17N2OP. The van der Waals surface area contributed by atoms with Crippen LogP contribution in [0.1, 0.15) is 26.5 Å². The summed E-state index contributed by atoms with van der Waals surface area (Å²) >= 11 is 0. The van der Waals surface area contributed by atoms with E-state index in [1.807, 2.05) is 0 Å². The summed E-state index contributed by atoms with van der Waals surface area (Å²) < 4.78 is 11.8. The van der Waals surface area contributed by atoms with Crippen molar-refractivity contribution in [2.45, 2.75) is 26.2 Å². The Hall–Kier alpha value is -0.690. The quantitative estimate of drug-likeness (QED) is 0.669. The number of nitrogens with zero attached hydrogens (tertiary/aromatic N) is 2. The molecule has 0 N–H and O–H groups in total. The lowest BCUT2D eigenvalue weighted by molar-refractivity contribution is 0.565. The fraction of sp³-hybridized carbons (Fsp3) is 0.600. The molecule has 0 unspecified atom stereocenters. The van der Waals surface area contributed by atoms with Crippen LogP contribution in [0.2, 0.25) is 0 Å². The normalized spacial score (nSPS) is 12.9. The molecule has 78 valence electrons. The van der Waals surface area contributed by atoms with E-state index in [0.29, 0.717) is 5.44 Å². The molecule has 0 radical (unpaired) electrons. The average molecular weight is 212 g/mol. The van der Waals surface area contributed by atoms with Crippen LogP contribution < -0.4 is 5.44 Å². The van der Waals surface area contributed by atoms with Crippen molar-refractivity contribution in [3.05, 3.63) is 18.1 Å². The first-order chi connectivity index (χ1) is 6.21. The van der Waals surface area contributed by atoms with Crippen LogP contribution in [-0.4, -0.2) is 23.3 Å². The topological polar surface area (TPSA) is 42.9 Å². The highest BCUT2D eigenvalue weighted by Crippen LogP contribution is 2.33. The SMILES string of the molecule is CC(C)(C)c1cncc(P(C)(C)=O)n1. The summed E-state index contributed by atoms with van der Waals surface area (Å²) in [5.41, 5.74) is 1.46. The van der Waals surface area contributed by atoms with E-state index in [2.05, 4.69) is 30.7 Å². The van der Waals surface area contributed by atoms with Crippen molar-refractivity contribution in [1.29, 1.82) is 0 Å². The maximum atomic E-state index is 11.8. The van der Waals surface area contributed by atoms with E-state index in [4.69, 9.17) is 0 Å². The standard InChI is InChI=1S/C10H17N2OP/c1-10(2,3)8-6-11-7-9(12-8)14(4,5)13/h6-7H,1-5H3. The Bertz CT molecular complexity index is 376. The van der Waals surface area contributed by atoms with Gasteiger partial charge in [-0.2, -0.15) is 0 Å². The fourth-order valence-corrected chi connectivity index (χ4v) is 1.67. The van der Waals surface area contributed by atoms with Gasteiger partial charge in [0, 0.05) is 11.6 Å². The number of hydrogen-bond acceptors (Lipinski definition) is 3. The van der Waals surface area contributed by atoms with Gasteiger partial charge in [0.25, 0.3) is 0 Å². The minimum absolute atomic E-state index is 0.0435. The van der Waals surface area contributed by atoms with Crippen LogP contribution in [0.4, 0.5) is 0 Å². The smallest absolute Gasteiger partial charge is 0.128 e. The Morgan fingerprint density at radius 3 is 2.21 bits per heavy atom. The predicted molar refractivity (Wildman–Crippen MR) is 59.8 cm³/mol. The third-order valence-electron chi connectivity index (χ3n) is 1.94. The van der Waals surface area contributed by atoms with Gasteiger partial charge in [0.05, 0.1) is 11.9 Å². The fourth-order valence-electron chi connectivity index (χ4n) is 0.976. The average Bonchev–Trinajstić information content (AvgIpc) is 2.01. The Kier molecular flexibility index (Phi) is 2.82. The van der Waals surface area contributed by atoms with Crippen LogP contribution in [0.3, 0.4) is 0 Å². The van der Waals surface area contributed by atoms with Gasteiger partial charge in [-0.05, 0) is 13.3 Å². The zero-order valence-corrected chi connectivity index (χ0v) is 10.3. The van der Waals surface area contributed by atoms with Gasteiger partial charge in [-0.1, -0.05) is 20.8 Å². The third-order valence-corrected chi connectivity index (χ3v) is 3.26. The molecule has 1 aromatic rings. The Morgan fingerprint density at radius 1 is 1.21 bits per heavy atom. The van der Waals surface area contributed by atoms with Gasteiger partial charge in [-0.3, -0.25) is 4.98 Å². The largest absolute Gasteiger partial charge is 0.318 e. The lowest BCUT2D eigenvalue weighted by atomic mass is 9.93. The monoisotopic (exact) mass is 212 g/mol. The Labute approximate surface area is 85.3 Å². The minimum atomic E-state index is -2.29. The van der Waals surface area contributed by atoms with Crippen molar-refractivity contribution in [3.8, 4) is 0 Å². The predicted octanol–water partition coefficient (Wildman–Crippen LogP) is 2.02. The third kappa shape index (κ3) is 2.65. The van der Waals surface area contributed by atoms with E-state index in [1.165, 1.54) is 0 Å². The van der Waals surface area contributed by atoms with Gasteiger partial charge in [0.2, 0.25) is 0 Å². The molecule has 0 aliphatic heterocycles. The summed E-state index contributed by atoms with van der Waals surface area (Å²) in [5.74, 6) is 0. The first-order valence-corrected chi connectivity index (χ1v) is 7.19. The van der Waals surface area contributed by atoms with E-state index in [0.717, 1.165) is 5.69 Å². The lowest BCUT2D eigenvalue weighted by Gasteiger charge is -2.18. The van der Waals surface area contributed by atoms with Crippen LogP contribution in [0, 0.1) is 0 Å². The zero-order chi connectivity index (χ0) is 11.0. The van der Waals surface area contributed by atoms with E-state index in [-0.39, 0.29) is 5.41 Å². The van der Waals surface area contributed by atoms with Gasteiger partial charge in [0.15, 0.2) is 0 Å². The first-order valence-electron chi connectivity index (χ1n) is 4.59. The van der Waals surface area contributed by atoms with Crippen LogP contribution in [0.25, 0.3) is 0 Å². The highest BCUT2D eigenvalue weighted by atomic mass is 31.2. The Balaban J connectivity index is 3.22. The van der Waals surface area contributed by atoms with Crippen LogP contribution in [0.15, 0.2) is 12.4 Å². The van der Waals surface area contributed by atoms with Crippen LogP contribution in [0.5, 0.6) is 0 Å². The minimum Gasteiger partial charge on any atom is -0.318 e. The summed E-state index contributed by atoms with van der Waals surface area (Å²) in [7, 11) is -2.29. The Morgan fingerprint density at radius 2 is 1.79 bits per heavy atom. The van der Waals surface area contributed by atoms with Crippen molar-refractivity contribution in [2.75, 3.05) is 13.3 Å². The zero-order valence-electron chi connectivity index (χ0n) is 9.40. The van der Waals surface area contributed by atoms with Crippen molar-refractivity contribution < 1.29 is 4.57 Å². The van der Waals surface area contributed by atoms with Crippen molar-refractivity contribution >= 4 is 12.6 Å². The molecule has 4 heteroatoms. The van der Waals surface area contributed by atoms with Crippen molar-refractivity contribution in [2.24, 2.45) is 0 Å². The molecule has 0 saturated heterocycles. The highest BCUT2D eigenvalue weighted by Gasteiger charge is 2.19. The van der Waals surface area contributed by atoms with Gasteiger partial charge >= 0.3 is 0 Å². The van der Waals surface area contributed by atoms with Gasteiger partial charge in [0.1, 0.15) is 12.6 Å². The number of hydrogen-bond donors (Lipinski definition) is 0. The molecule has 0 saturated carbocycles. The summed E-state index contributed by atoms with van der Waals surface area (Å²) in [6, 6.07) is 0. The molecule has 0 aliphatic rings. The van der Waals surface area contributed by atoms with E-state index >= 15 is 0 Å². The first kappa shape index (κ1) is 11.4. The summed E-state index contributed by atoms with van der Waals surface area (Å²) in [6.07, 6.45) is 3.33. The van der Waals surface area contributed by atoms with E-state index in [1.54, 1.807) is 25.7 Å². The maximum Gasteiger partial charge on any atom is 0.128 e. The summed E-state index contributed by atoms with van der Waals surface area (Å²) in [5, 5.41) is 0. The highest BCUT2D eigenvalue weighted by molar-refractivity contribution is 7.69. The second kappa shape index (κ2) is 3.47. The molecule has 0 bridgehead atoms. The summed E-state index contributed by atoms with van der Waals surface area (Å²) in [4.78, 5) is 8.47. The summed E-state index contributed by atoms with van der Waals surface area (Å²) in [6.45, 7) is 9.62. The second-order valence-corrected chi connectivity index (χ2v) is 8.02. The molecule has 0 amide bonds. The number of rotatable bonds is 1. The van der Waals surface area contributed by atoms with Gasteiger partial charge in [-0.15, -0.1) is 0 Å². The lowest BCUT2D eigenvalue weighted by Crippen LogP contribution is -2.20. The molecule has 0 atom stereocenters. The molecule has 0 aromatic carbocycles. The molecule has 3 nitrogen and oxygen atoms in total. The van der Waals surface area contributed by atoms with Crippen molar-refractivity contribution in [3.63, 3.8) is 0 Å². The molecule has 0 aliphatic carbocycles. The van der Waals surface area contributed by atoms with Crippen LogP contribution in [-0.2, 0) is 9.98 Å².